The maximum absolute atomic E-state index is 12.9. The molecule has 0 aromatic carbocycles. The van der Waals surface area contributed by atoms with Gasteiger partial charge in [0, 0.05) is 13.0 Å². The summed E-state index contributed by atoms with van der Waals surface area (Å²) in [6, 6.07) is 0. The van der Waals surface area contributed by atoms with Crippen LogP contribution in [0.1, 0.15) is 254 Å². The standard InChI is InChI=1S/C52H100N2O8/c1-8-12-16-18-21-27-36-46(37-28-22-19-17-13-9-2)61-48(55)39-30-23-20-25-31-41-54(43-35-40-53-51(58)62-52(5,6)7)42-32-26-24-29-38-47(49(56)59-44-33-14-10-3)50(57)60-45-34-15-11-4/h46-47H,8-45H2,1-7H3,(H,53,58). The Balaban J connectivity index is 4.87. The molecule has 0 aromatic heterocycles. The van der Waals surface area contributed by atoms with E-state index < -0.39 is 23.5 Å². The van der Waals surface area contributed by atoms with E-state index in [9.17, 15) is 19.2 Å². The van der Waals surface area contributed by atoms with Gasteiger partial charge in [-0.3, -0.25) is 14.4 Å². The minimum atomic E-state index is -0.848. The first-order chi connectivity index (χ1) is 30.0. The smallest absolute Gasteiger partial charge is 0.407 e. The lowest BCUT2D eigenvalue weighted by atomic mass is 10.0. The molecule has 10 nitrogen and oxygen atoms in total. The molecule has 1 N–H and O–H groups in total. The largest absolute Gasteiger partial charge is 0.465 e. The highest BCUT2D eigenvalue weighted by Crippen LogP contribution is 2.20. The summed E-state index contributed by atoms with van der Waals surface area (Å²) in [5.74, 6) is -1.75. The van der Waals surface area contributed by atoms with Crippen molar-refractivity contribution in [2.75, 3.05) is 39.4 Å². The minimum Gasteiger partial charge on any atom is -0.465 e. The summed E-state index contributed by atoms with van der Waals surface area (Å²) < 4.78 is 22.4. The molecule has 0 atom stereocenters. The van der Waals surface area contributed by atoms with Crippen LogP contribution in [0.2, 0.25) is 0 Å². The van der Waals surface area contributed by atoms with Crippen LogP contribution in [0, 0.1) is 5.92 Å². The van der Waals surface area contributed by atoms with Crippen molar-refractivity contribution in [2.24, 2.45) is 5.92 Å². The van der Waals surface area contributed by atoms with Gasteiger partial charge >= 0.3 is 24.0 Å². The summed E-state index contributed by atoms with van der Waals surface area (Å²) in [7, 11) is 0. The van der Waals surface area contributed by atoms with E-state index in [4.69, 9.17) is 18.9 Å². The van der Waals surface area contributed by atoms with Gasteiger partial charge in [-0.2, -0.15) is 0 Å². The normalized spacial score (nSPS) is 11.7. The van der Waals surface area contributed by atoms with Gasteiger partial charge in [0.05, 0.1) is 13.2 Å². The zero-order valence-corrected chi connectivity index (χ0v) is 41.7. The Morgan fingerprint density at radius 2 is 0.887 bits per heavy atom. The molecule has 0 aliphatic heterocycles. The molecule has 0 unspecified atom stereocenters. The summed E-state index contributed by atoms with van der Waals surface area (Å²) in [6.07, 6.45) is 33.3. The van der Waals surface area contributed by atoms with Crippen LogP contribution in [0.15, 0.2) is 0 Å². The van der Waals surface area contributed by atoms with Crippen LogP contribution in [-0.4, -0.2) is 80.0 Å². The van der Waals surface area contributed by atoms with Crippen LogP contribution >= 0.6 is 0 Å². The molecule has 0 aliphatic carbocycles. The summed E-state index contributed by atoms with van der Waals surface area (Å²) in [4.78, 5) is 53.3. The number of hydrogen-bond acceptors (Lipinski definition) is 9. The Kier molecular flexibility index (Phi) is 41.0. The molecule has 0 saturated carbocycles. The van der Waals surface area contributed by atoms with E-state index in [1.807, 2.05) is 20.8 Å². The van der Waals surface area contributed by atoms with E-state index in [1.54, 1.807) is 0 Å². The molecule has 0 bridgehead atoms. The topological polar surface area (TPSA) is 120 Å². The quantitative estimate of drug-likeness (QED) is 0.0276. The molecule has 62 heavy (non-hydrogen) atoms. The average molecular weight is 881 g/mol. The van der Waals surface area contributed by atoms with Gasteiger partial charge in [0.2, 0.25) is 0 Å². The first kappa shape index (κ1) is 59.6. The molecule has 0 aliphatic rings. The van der Waals surface area contributed by atoms with Crippen molar-refractivity contribution in [3.63, 3.8) is 0 Å². The van der Waals surface area contributed by atoms with Crippen molar-refractivity contribution in [3.8, 4) is 0 Å². The fourth-order valence-corrected chi connectivity index (χ4v) is 7.71. The molecule has 366 valence electrons. The van der Waals surface area contributed by atoms with Crippen LogP contribution in [0.5, 0.6) is 0 Å². The molecule has 0 radical (unpaired) electrons. The Morgan fingerprint density at radius 3 is 1.37 bits per heavy atom. The molecule has 0 spiro atoms. The molecule has 10 heteroatoms. The highest BCUT2D eigenvalue weighted by molar-refractivity contribution is 5.94. The maximum Gasteiger partial charge on any atom is 0.407 e. The van der Waals surface area contributed by atoms with Crippen LogP contribution < -0.4 is 5.32 Å². The van der Waals surface area contributed by atoms with Crippen molar-refractivity contribution in [3.05, 3.63) is 0 Å². The van der Waals surface area contributed by atoms with Crippen molar-refractivity contribution in [2.45, 2.75) is 266 Å². The number of nitrogens with zero attached hydrogens (tertiary/aromatic N) is 1. The summed E-state index contributed by atoms with van der Waals surface area (Å²) >= 11 is 0. The number of carbonyl (C=O) groups excluding carboxylic acids is 4. The van der Waals surface area contributed by atoms with Crippen molar-refractivity contribution >= 4 is 24.0 Å². The average Bonchev–Trinajstić information content (AvgIpc) is 3.23. The van der Waals surface area contributed by atoms with Crippen molar-refractivity contribution in [1.82, 2.24) is 10.2 Å². The zero-order valence-electron chi connectivity index (χ0n) is 41.7. The van der Waals surface area contributed by atoms with E-state index in [0.29, 0.717) is 32.6 Å². The number of unbranched alkanes of at least 4 members (excludes halogenated alkanes) is 21. The third kappa shape index (κ3) is 39.2. The van der Waals surface area contributed by atoms with Crippen molar-refractivity contribution < 1.29 is 38.1 Å². The molecular formula is C52H100N2O8. The van der Waals surface area contributed by atoms with E-state index in [-0.39, 0.29) is 18.2 Å². The predicted molar refractivity (Wildman–Crippen MR) is 256 cm³/mol. The Morgan fingerprint density at radius 1 is 0.484 bits per heavy atom. The monoisotopic (exact) mass is 881 g/mol. The second-order valence-electron chi connectivity index (χ2n) is 18.9. The van der Waals surface area contributed by atoms with Gasteiger partial charge in [-0.15, -0.1) is 0 Å². The summed E-state index contributed by atoms with van der Waals surface area (Å²) in [5, 5.41) is 2.89. The first-order valence-electron chi connectivity index (χ1n) is 26.2. The Bertz CT molecular complexity index is 1020. The maximum atomic E-state index is 12.9. The second kappa shape index (κ2) is 42.6. The predicted octanol–water partition coefficient (Wildman–Crippen LogP) is 14.0. The fraction of sp³-hybridized carbons (Fsp3) is 0.923. The molecule has 1 amide bonds. The number of nitrogens with one attached hydrogen (secondary N) is 1. The molecule has 0 aromatic rings. The number of esters is 3. The Hall–Kier alpha value is -2.36. The highest BCUT2D eigenvalue weighted by Gasteiger charge is 2.29. The minimum absolute atomic E-state index is 0.0154. The van der Waals surface area contributed by atoms with Gasteiger partial charge in [0.15, 0.2) is 5.92 Å². The number of rotatable bonds is 44. The molecule has 0 saturated heterocycles. The van der Waals surface area contributed by atoms with Crippen molar-refractivity contribution in [1.29, 1.82) is 0 Å². The number of ether oxygens (including phenoxy) is 4. The molecule has 0 fully saturated rings. The second-order valence-corrected chi connectivity index (χ2v) is 18.9. The fourth-order valence-electron chi connectivity index (χ4n) is 7.71. The van der Waals surface area contributed by atoms with Gasteiger partial charge in [-0.05, 0) is 111 Å². The lowest BCUT2D eigenvalue weighted by molar-refractivity contribution is -0.162. The summed E-state index contributed by atoms with van der Waals surface area (Å²) in [5.41, 5.74) is -0.525. The van der Waals surface area contributed by atoms with Gasteiger partial charge in [0.1, 0.15) is 11.7 Å². The van der Waals surface area contributed by atoms with Crippen LogP contribution in [0.25, 0.3) is 0 Å². The molecule has 0 rings (SSSR count). The Labute approximate surface area is 382 Å². The van der Waals surface area contributed by atoms with E-state index in [0.717, 1.165) is 148 Å². The summed E-state index contributed by atoms with van der Waals surface area (Å²) in [6.45, 7) is 18.4. The highest BCUT2D eigenvalue weighted by atomic mass is 16.6. The molecule has 0 heterocycles. The van der Waals surface area contributed by atoms with Crippen LogP contribution in [0.4, 0.5) is 4.79 Å². The van der Waals surface area contributed by atoms with E-state index in [1.165, 1.54) is 64.2 Å². The molecular weight excluding hydrogens is 781 g/mol. The van der Waals surface area contributed by atoms with E-state index in [2.05, 4.69) is 37.9 Å². The van der Waals surface area contributed by atoms with Crippen LogP contribution in [0.3, 0.4) is 0 Å². The van der Waals surface area contributed by atoms with Gasteiger partial charge in [0.25, 0.3) is 0 Å². The zero-order chi connectivity index (χ0) is 45.9. The third-order valence-electron chi connectivity index (χ3n) is 11.5. The first-order valence-corrected chi connectivity index (χ1v) is 26.2. The number of carbonyl (C=O) groups is 4. The third-order valence-corrected chi connectivity index (χ3v) is 11.5. The number of amides is 1. The number of alkyl carbamates (subject to hydrolysis) is 1. The van der Waals surface area contributed by atoms with Gasteiger partial charge in [-0.1, -0.05) is 156 Å². The van der Waals surface area contributed by atoms with E-state index >= 15 is 0 Å². The lowest BCUT2D eigenvalue weighted by Gasteiger charge is -2.23. The van der Waals surface area contributed by atoms with Crippen LogP contribution in [-0.2, 0) is 33.3 Å². The lowest BCUT2D eigenvalue weighted by Crippen LogP contribution is -2.35. The van der Waals surface area contributed by atoms with Gasteiger partial charge in [-0.25, -0.2) is 4.79 Å². The van der Waals surface area contributed by atoms with Gasteiger partial charge < -0.3 is 29.2 Å². The SMILES string of the molecule is CCCCCCCCC(CCCCCCCC)OC(=O)CCCCCCCN(CCCCCCC(C(=O)OCCCCC)C(=O)OCCCCC)CCCNC(=O)OC(C)(C)C. The number of hydrogen-bond donors (Lipinski definition) is 1.